The molecule has 5 aliphatic heterocycles. The number of alkyl carbamates (subject to hydrolysis) is 1. The molecule has 5 aromatic rings. The summed E-state index contributed by atoms with van der Waals surface area (Å²) in [5.74, 6) is -3.72. The van der Waals surface area contributed by atoms with E-state index in [0.717, 1.165) is 106 Å². The Morgan fingerprint density at radius 2 is 1.47 bits per heavy atom. The predicted molar refractivity (Wildman–Crippen MR) is 479 cm³/mol. The molecular formula is C91H120ClN15O19S. The highest BCUT2D eigenvalue weighted by Crippen LogP contribution is 2.50. The van der Waals surface area contributed by atoms with Crippen molar-refractivity contribution in [2.24, 2.45) is 11.8 Å². The molecular weight excluding hydrogens is 1670 g/mol. The number of hydrogen-bond acceptors (Lipinski definition) is 25. The first-order chi connectivity index (χ1) is 60.6. The molecule has 1 aliphatic carbocycles. The molecule has 0 spiro atoms. The minimum atomic E-state index is -1.92. The lowest BCUT2D eigenvalue weighted by molar-refractivity contribution is -0.162. The molecule has 686 valence electrons. The second-order valence-corrected chi connectivity index (χ2v) is 35.8. The van der Waals surface area contributed by atoms with Crippen LogP contribution in [0.4, 0.5) is 27.7 Å². The number of amides is 11. The van der Waals surface area contributed by atoms with Crippen LogP contribution < -0.4 is 61.0 Å². The van der Waals surface area contributed by atoms with E-state index in [0.29, 0.717) is 42.4 Å². The molecule has 6 aliphatic rings. The van der Waals surface area contributed by atoms with Crippen molar-refractivity contribution in [2.45, 2.75) is 184 Å². The number of piperazine rings is 1. The normalized spacial score (nSPS) is 22.7. The third-order valence-corrected chi connectivity index (χ3v) is 25.8. The molecule has 5 fully saturated rings. The van der Waals surface area contributed by atoms with Crippen LogP contribution in [0.1, 0.15) is 129 Å². The van der Waals surface area contributed by atoms with Crippen molar-refractivity contribution >= 4 is 128 Å². The van der Waals surface area contributed by atoms with Crippen LogP contribution in [-0.2, 0) is 84.5 Å². The number of hydrogen-bond donors (Lipinski definition) is 7. The largest absolute Gasteiger partial charge is 0.495 e. The maximum absolute atomic E-state index is 14.5. The molecule has 127 heavy (non-hydrogen) atoms. The third-order valence-electron chi connectivity index (χ3n) is 24.2. The number of para-hydroxylation sites is 2. The van der Waals surface area contributed by atoms with Gasteiger partial charge >= 0.3 is 12.1 Å². The number of carbonyl (C=O) groups excluding carboxylic acids is 12. The second-order valence-electron chi connectivity index (χ2n) is 34.1. The van der Waals surface area contributed by atoms with Crippen LogP contribution in [0.15, 0.2) is 109 Å². The number of aromatic nitrogens is 2. The fraction of sp³-hybridized carbons (Fsp3) is 0.538. The zero-order chi connectivity index (χ0) is 91.7. The maximum atomic E-state index is 14.5. The zero-order valence-electron chi connectivity index (χ0n) is 74.5. The zero-order valence-corrected chi connectivity index (χ0v) is 76.1. The monoisotopic (exact) mass is 1790 g/mol. The van der Waals surface area contributed by atoms with E-state index < -0.39 is 150 Å². The minimum Gasteiger partial charge on any atom is -0.495 e. The number of likely N-dealkylation sites (N-methyl/N-ethyl adjacent to an activating group) is 3. The summed E-state index contributed by atoms with van der Waals surface area (Å²) in [6.07, 6.45) is 1.85. The van der Waals surface area contributed by atoms with E-state index in [1.807, 2.05) is 64.2 Å². The Hall–Kier alpha value is -11.1. The quantitative estimate of drug-likeness (QED) is 0.0100. The number of epoxide rings is 1. The molecule has 1 aromatic heterocycles. The number of aliphatic hydroxyl groups is 1. The highest BCUT2D eigenvalue weighted by atomic mass is 35.5. The molecule has 34 nitrogen and oxygen atoms in total. The number of fused-ring (bicyclic) bond motifs is 6. The SMILES string of the molecule is COc1ccccc1N1CCN(c2nc(C3CC3)nc3ccc(N(C)CCN(C)C(=O)CCC(=O)NCC(=O)N[C@@H](Cc4ccccc4)C(=O)N[C@@H](CC(C)C)C(=O)NCC(=O)NCCCN4C(=O)CC(SCCC(=O)N(C)[C@@H](C)C(=O)O[C@H]5CC(=O)N(C)c6cc(cc(OC)c6Cl)C/C(C)=C/C=C/[C@@H](OC)[C@@]6(O)C[C@H](OC(=O)N6)[C@@H](C)[C@@H]6O[C@@]56C)C4=O)cc23)CC1. The maximum Gasteiger partial charge on any atom is 0.409 e. The Kier molecular flexibility index (Phi) is 33.1. The van der Waals surface area contributed by atoms with Gasteiger partial charge in [-0.25, -0.2) is 19.6 Å². The first kappa shape index (κ1) is 96.5. The molecule has 4 aromatic carbocycles. The molecule has 0 radical (unpaired) electrons. The lowest BCUT2D eigenvalue weighted by atomic mass is 9.83. The number of nitrogens with one attached hydrogen (secondary N) is 6. The summed E-state index contributed by atoms with van der Waals surface area (Å²) >= 11 is 7.97. The summed E-state index contributed by atoms with van der Waals surface area (Å²) in [6, 6.07) is 23.0. The number of thioether (sulfide) groups is 1. The number of carbonyl (C=O) groups is 12. The summed E-state index contributed by atoms with van der Waals surface area (Å²) in [6.45, 7) is 13.3. The third kappa shape index (κ3) is 25.0. The number of likely N-dealkylation sites (tertiary alicyclic amines) is 1. The fourth-order valence-corrected chi connectivity index (χ4v) is 17.6. The summed E-state index contributed by atoms with van der Waals surface area (Å²) in [5, 5.41) is 28.0. The highest BCUT2D eigenvalue weighted by Gasteiger charge is 2.65. The number of allylic oxidation sites excluding steroid dienone is 3. The average molecular weight is 1800 g/mol. The summed E-state index contributed by atoms with van der Waals surface area (Å²) in [4.78, 5) is 186. The molecule has 7 N–H and O–H groups in total. The molecule has 1 unspecified atom stereocenters. The topological polar surface area (TPSA) is 404 Å². The van der Waals surface area contributed by atoms with Crippen molar-refractivity contribution in [2.75, 3.05) is 140 Å². The Morgan fingerprint density at radius 3 is 2.18 bits per heavy atom. The van der Waals surface area contributed by atoms with E-state index in [1.54, 1.807) is 87.5 Å². The summed E-state index contributed by atoms with van der Waals surface area (Å²) in [7, 11) is 11.1. The van der Waals surface area contributed by atoms with Crippen LogP contribution >= 0.6 is 23.4 Å². The van der Waals surface area contributed by atoms with Gasteiger partial charge in [0.25, 0.3) is 0 Å². The minimum absolute atomic E-state index is 0.0119. The first-order valence-electron chi connectivity index (χ1n) is 43.2. The Bertz CT molecular complexity index is 4920. The van der Waals surface area contributed by atoms with Crippen LogP contribution in [0.25, 0.3) is 10.9 Å². The second kappa shape index (κ2) is 43.6. The van der Waals surface area contributed by atoms with Gasteiger partial charge in [0, 0.05) is 155 Å². The molecule has 4 saturated heterocycles. The fourth-order valence-electron chi connectivity index (χ4n) is 16.2. The Balaban J connectivity index is 0.601. The number of anilines is 4. The number of ether oxygens (including phenoxy) is 6. The highest BCUT2D eigenvalue weighted by molar-refractivity contribution is 8.00. The van der Waals surface area contributed by atoms with Gasteiger partial charge in [-0.1, -0.05) is 98.6 Å². The first-order valence-corrected chi connectivity index (χ1v) is 44.7. The summed E-state index contributed by atoms with van der Waals surface area (Å²) < 4.78 is 35.3. The van der Waals surface area contributed by atoms with Crippen molar-refractivity contribution in [3.05, 3.63) is 131 Å². The van der Waals surface area contributed by atoms with Gasteiger partial charge in [0.1, 0.15) is 70.2 Å². The smallest absolute Gasteiger partial charge is 0.409 e. The molecule has 11 amide bonds. The average Bonchev–Trinajstić information content (AvgIpc) is 1.58. The number of rotatable bonds is 36. The van der Waals surface area contributed by atoms with E-state index in [9.17, 15) is 62.6 Å². The van der Waals surface area contributed by atoms with E-state index in [1.165, 1.54) is 45.0 Å². The molecule has 4 bridgehead atoms. The van der Waals surface area contributed by atoms with Crippen molar-refractivity contribution < 1.29 is 91.1 Å². The van der Waals surface area contributed by atoms with Gasteiger partial charge in [-0.15, -0.1) is 11.8 Å². The molecule has 11 rings (SSSR count). The van der Waals surface area contributed by atoms with Crippen LogP contribution in [0.2, 0.25) is 5.02 Å². The number of methoxy groups -OCH3 is 3. The lowest BCUT2D eigenvalue weighted by Gasteiger charge is -2.42. The van der Waals surface area contributed by atoms with Gasteiger partial charge in [0.2, 0.25) is 59.1 Å². The van der Waals surface area contributed by atoms with Gasteiger partial charge in [0.05, 0.1) is 62.0 Å². The van der Waals surface area contributed by atoms with Crippen molar-refractivity contribution in [3.63, 3.8) is 0 Å². The molecule has 1 saturated carbocycles. The van der Waals surface area contributed by atoms with E-state index in [2.05, 4.69) is 58.7 Å². The van der Waals surface area contributed by atoms with Crippen LogP contribution in [0.3, 0.4) is 0 Å². The van der Waals surface area contributed by atoms with Gasteiger partial charge < -0.3 is 89.5 Å². The number of benzene rings is 4. The number of halogens is 1. The summed E-state index contributed by atoms with van der Waals surface area (Å²) in [5.41, 5.74) is 2.19. The van der Waals surface area contributed by atoms with Crippen LogP contribution in [0.5, 0.6) is 11.5 Å². The molecule has 6 heterocycles. The number of esters is 1. The van der Waals surface area contributed by atoms with Crippen molar-refractivity contribution in [1.29, 1.82) is 0 Å². The molecule has 11 atom stereocenters. The predicted octanol–water partition coefficient (Wildman–Crippen LogP) is 6.29. The van der Waals surface area contributed by atoms with E-state index >= 15 is 0 Å². The van der Waals surface area contributed by atoms with Gasteiger partial charge in [-0.3, -0.25) is 58.2 Å². The van der Waals surface area contributed by atoms with Gasteiger partial charge in [0.15, 0.2) is 5.72 Å². The van der Waals surface area contributed by atoms with Crippen molar-refractivity contribution in [1.82, 2.24) is 56.6 Å². The Labute approximate surface area is 749 Å². The number of imide groups is 1. The van der Waals surface area contributed by atoms with Gasteiger partial charge in [-0.2, -0.15) is 0 Å². The van der Waals surface area contributed by atoms with Crippen LogP contribution in [0, 0.1) is 11.8 Å². The van der Waals surface area contributed by atoms with E-state index in [4.69, 9.17) is 50.0 Å². The van der Waals surface area contributed by atoms with Crippen molar-refractivity contribution in [3.8, 4) is 11.5 Å². The van der Waals surface area contributed by atoms with E-state index in [-0.39, 0.29) is 87.1 Å². The van der Waals surface area contributed by atoms with Crippen LogP contribution in [-0.4, -0.2) is 281 Å². The molecule has 36 heteroatoms. The van der Waals surface area contributed by atoms with Gasteiger partial charge in [-0.05, 0) is 112 Å². The standard InChI is InChI=1S/C91H120ClN15O19S/c1-54(2)43-64(98-86(116)65(45-58-22-15-14-16-23-58)96-76(110)53-94-74(108)31-32-77(111)102(8)37-36-101(7)61-29-30-63-62(48-61)84(99-83(97-63)60-27-28-60)106-40-38-105(39-41-106)66-24-17-18-25-68(66)121-11)85(115)95-52-75(109)93-34-20-35-107-80(114)49-71(87(107)117)127-42-33-78(112)103(9)57(5)88(118)125-73-50-79(113)104(10)67-46-59(47-69(122-12)81(67)92)44-55(3)21-19-26-72(123-13)91(120)51-70(124-89(119)100-91)56(4)82-90(73,6)126-82/h14-19,21-26,29-30,46-48,54,56-57,60,64-65,70-73,82,120H,20,27-28,31-45,49-53H2,1-13H3,(H,93,109)(H,94,108)(H,95,115)(H,96,110)(H,98,116)(H,100,119)/b26-19+,55-21+/t56-,57+,64+,65+,70+,71?,72-,73+,82+,90+,91+/m1/s1. The lowest BCUT2D eigenvalue weighted by Crippen LogP contribution is -2.63. The number of nitrogens with zero attached hydrogens (tertiary/aromatic N) is 9. The Morgan fingerprint density at radius 1 is 0.764 bits per heavy atom.